The first kappa shape index (κ1) is 37.3. The predicted molar refractivity (Wildman–Crippen MR) is 171 cm³/mol. The highest BCUT2D eigenvalue weighted by molar-refractivity contribution is 5.93. The van der Waals surface area contributed by atoms with Gasteiger partial charge in [0.15, 0.2) is 5.78 Å². The molecule has 45 heavy (non-hydrogen) atoms. The Balaban J connectivity index is 2.15. The smallest absolute Gasteiger partial charge is 0.332 e. The molecule has 0 aliphatic heterocycles. The normalized spacial score (nSPS) is 13.4. The molecule has 9 nitrogen and oxygen atoms in total. The summed E-state index contributed by atoms with van der Waals surface area (Å²) < 4.78 is 16.3. The lowest BCUT2D eigenvalue weighted by atomic mass is 9.91. The second-order valence-corrected chi connectivity index (χ2v) is 12.9. The first-order valence-corrected chi connectivity index (χ1v) is 15.6. The summed E-state index contributed by atoms with van der Waals surface area (Å²) in [6, 6.07) is 18.0. The zero-order valence-electron chi connectivity index (χ0n) is 27.5. The maximum absolute atomic E-state index is 13.7. The molecule has 2 rings (SSSR count). The molecule has 1 amide bonds. The Hall–Kier alpha value is -3.85. The van der Waals surface area contributed by atoms with Crippen molar-refractivity contribution in [3.8, 4) is 0 Å². The van der Waals surface area contributed by atoms with Crippen LogP contribution in [-0.4, -0.2) is 54.3 Å². The van der Waals surface area contributed by atoms with Crippen molar-refractivity contribution in [2.45, 2.75) is 91.9 Å². The molecule has 0 aromatic heterocycles. The number of aryl methyl sites for hydroxylation is 1. The molecular formula is C36H49NO8. The molecule has 1 N–H and O–H groups in total. The molecule has 0 aliphatic carbocycles. The quantitative estimate of drug-likeness (QED) is 0.206. The van der Waals surface area contributed by atoms with E-state index >= 15 is 0 Å². The van der Waals surface area contributed by atoms with Crippen LogP contribution < -0.4 is 5.32 Å². The van der Waals surface area contributed by atoms with Crippen molar-refractivity contribution in [3.63, 3.8) is 0 Å². The summed E-state index contributed by atoms with van der Waals surface area (Å²) in [5.74, 6) is -3.64. The summed E-state index contributed by atoms with van der Waals surface area (Å²) in [5, 5.41) is 2.88. The van der Waals surface area contributed by atoms with Gasteiger partial charge in [0.25, 0.3) is 0 Å². The van der Waals surface area contributed by atoms with Crippen LogP contribution in [0.3, 0.4) is 0 Å². The number of ketones is 2. The van der Waals surface area contributed by atoms with Crippen LogP contribution in [0.2, 0.25) is 0 Å². The highest BCUT2D eigenvalue weighted by Gasteiger charge is 2.31. The summed E-state index contributed by atoms with van der Waals surface area (Å²) in [5.41, 5.74) is 1.13. The fraction of sp³-hybridized carbons (Fsp3) is 0.528. The van der Waals surface area contributed by atoms with E-state index in [0.717, 1.165) is 11.1 Å². The molecule has 0 bridgehead atoms. The van der Waals surface area contributed by atoms with Crippen molar-refractivity contribution in [1.29, 1.82) is 0 Å². The first-order chi connectivity index (χ1) is 21.2. The second-order valence-electron chi connectivity index (χ2n) is 12.9. The summed E-state index contributed by atoms with van der Waals surface area (Å²) in [4.78, 5) is 64.5. The lowest BCUT2D eigenvalue weighted by molar-refractivity contribution is -0.164. The van der Waals surface area contributed by atoms with Crippen LogP contribution in [0.4, 0.5) is 0 Å². The molecule has 2 aromatic carbocycles. The van der Waals surface area contributed by atoms with E-state index in [1.165, 1.54) is 6.92 Å². The molecule has 0 fully saturated rings. The number of esters is 2. The Kier molecular flexibility index (Phi) is 15.6. The van der Waals surface area contributed by atoms with Gasteiger partial charge in [0.05, 0.1) is 18.6 Å². The number of benzene rings is 2. The molecule has 3 atom stereocenters. The van der Waals surface area contributed by atoms with Crippen molar-refractivity contribution >= 4 is 29.4 Å². The van der Waals surface area contributed by atoms with E-state index in [2.05, 4.69) is 5.32 Å². The molecule has 0 spiro atoms. The summed E-state index contributed by atoms with van der Waals surface area (Å²) in [6.07, 6.45) is 1.21. The van der Waals surface area contributed by atoms with Gasteiger partial charge in [-0.15, -0.1) is 0 Å². The van der Waals surface area contributed by atoms with Gasteiger partial charge in [-0.3, -0.25) is 14.4 Å². The number of amides is 1. The van der Waals surface area contributed by atoms with Crippen LogP contribution in [-0.2, 0) is 51.2 Å². The Bertz CT molecular complexity index is 1240. The number of hydrogen-bond acceptors (Lipinski definition) is 8. The number of Topliss-reactive ketones (excluding diaryl/α,β-unsaturated/α-hetero) is 2. The Morgan fingerprint density at radius 2 is 1.42 bits per heavy atom. The molecule has 0 unspecified atom stereocenters. The predicted octanol–water partition coefficient (Wildman–Crippen LogP) is 5.42. The maximum Gasteiger partial charge on any atom is 0.332 e. The highest BCUT2D eigenvalue weighted by Crippen LogP contribution is 2.19. The molecule has 0 aliphatic rings. The first-order valence-electron chi connectivity index (χ1n) is 15.6. The zero-order valence-corrected chi connectivity index (χ0v) is 27.5. The number of hydrogen-bond donors (Lipinski definition) is 1. The van der Waals surface area contributed by atoms with Crippen LogP contribution in [0.1, 0.15) is 78.4 Å². The Morgan fingerprint density at radius 1 is 0.822 bits per heavy atom. The molecule has 9 heteroatoms. The molecule has 0 radical (unpaired) electrons. The van der Waals surface area contributed by atoms with Crippen molar-refractivity contribution in [2.75, 3.05) is 13.2 Å². The number of carbonyl (C=O) groups excluding carboxylic acids is 5. The fourth-order valence-electron chi connectivity index (χ4n) is 4.79. The van der Waals surface area contributed by atoms with E-state index < -0.39 is 42.0 Å². The molecule has 0 saturated carbocycles. The van der Waals surface area contributed by atoms with Gasteiger partial charge in [-0.2, -0.15) is 0 Å². The third-order valence-corrected chi connectivity index (χ3v) is 6.91. The molecule has 2 aromatic rings. The van der Waals surface area contributed by atoms with Crippen LogP contribution >= 0.6 is 0 Å². The van der Waals surface area contributed by atoms with Gasteiger partial charge in [0.2, 0.25) is 5.91 Å². The molecule has 0 saturated heterocycles. The van der Waals surface area contributed by atoms with E-state index in [1.807, 2.05) is 74.5 Å². The SMILES string of the molecule is CC(=O)C[C@@H](CCc1ccccc1)C(=O)N[C@@H](CC(C)C)C(=O)C[C@@H](COCC(=O)OC(C)(C)C)C(=O)OCc1ccccc1. The Morgan fingerprint density at radius 3 is 1.98 bits per heavy atom. The third kappa shape index (κ3) is 15.6. The van der Waals surface area contributed by atoms with Crippen LogP contribution in [0.25, 0.3) is 0 Å². The van der Waals surface area contributed by atoms with Gasteiger partial charge in [-0.25, -0.2) is 4.79 Å². The Labute approximate surface area is 267 Å². The van der Waals surface area contributed by atoms with E-state index in [1.54, 1.807) is 20.8 Å². The van der Waals surface area contributed by atoms with Crippen LogP contribution in [0.15, 0.2) is 60.7 Å². The van der Waals surface area contributed by atoms with Gasteiger partial charge < -0.3 is 24.3 Å². The molecule has 246 valence electrons. The van der Waals surface area contributed by atoms with E-state index in [4.69, 9.17) is 14.2 Å². The summed E-state index contributed by atoms with van der Waals surface area (Å²) >= 11 is 0. The lowest BCUT2D eigenvalue weighted by Crippen LogP contribution is -2.46. The molecule has 0 heterocycles. The molecular weight excluding hydrogens is 574 g/mol. The van der Waals surface area contributed by atoms with Crippen molar-refractivity contribution in [1.82, 2.24) is 5.32 Å². The average molecular weight is 624 g/mol. The second kappa shape index (κ2) is 18.8. The average Bonchev–Trinajstić information content (AvgIpc) is 2.96. The van der Waals surface area contributed by atoms with Gasteiger partial charge in [-0.05, 0) is 64.0 Å². The topological polar surface area (TPSA) is 125 Å². The number of carbonyl (C=O) groups is 5. The maximum atomic E-state index is 13.7. The van der Waals surface area contributed by atoms with Crippen molar-refractivity contribution < 1.29 is 38.2 Å². The monoisotopic (exact) mass is 623 g/mol. The van der Waals surface area contributed by atoms with E-state index in [-0.39, 0.29) is 49.4 Å². The standard InChI is InChI=1S/C36H49NO8/c1-25(2)19-31(37-34(41)29(20-26(3)38)18-17-27-13-9-7-10-14-27)32(39)21-30(23-43-24-33(40)45-36(4,5)6)35(42)44-22-28-15-11-8-12-16-28/h7-16,25,29-31H,17-24H2,1-6H3,(H,37,41)/t29-,30+,31+/m1/s1. The zero-order chi connectivity index (χ0) is 33.4. The summed E-state index contributed by atoms with van der Waals surface area (Å²) in [6.45, 7) is 9.89. The van der Waals surface area contributed by atoms with E-state index in [0.29, 0.717) is 19.3 Å². The van der Waals surface area contributed by atoms with E-state index in [9.17, 15) is 24.0 Å². The fourth-order valence-corrected chi connectivity index (χ4v) is 4.79. The number of nitrogens with one attached hydrogen (secondary N) is 1. The van der Waals surface area contributed by atoms with Crippen LogP contribution in [0, 0.1) is 17.8 Å². The largest absolute Gasteiger partial charge is 0.461 e. The van der Waals surface area contributed by atoms with Crippen molar-refractivity contribution in [3.05, 3.63) is 71.8 Å². The highest BCUT2D eigenvalue weighted by atomic mass is 16.6. The van der Waals surface area contributed by atoms with Crippen molar-refractivity contribution in [2.24, 2.45) is 17.8 Å². The van der Waals surface area contributed by atoms with Gasteiger partial charge in [0.1, 0.15) is 24.6 Å². The minimum Gasteiger partial charge on any atom is -0.461 e. The number of rotatable bonds is 19. The number of ether oxygens (including phenoxy) is 3. The minimum absolute atomic E-state index is 0.0106. The van der Waals surface area contributed by atoms with Crippen LogP contribution in [0.5, 0.6) is 0 Å². The third-order valence-electron chi connectivity index (χ3n) is 6.91. The lowest BCUT2D eigenvalue weighted by Gasteiger charge is -2.25. The van der Waals surface area contributed by atoms with Gasteiger partial charge in [0, 0.05) is 18.8 Å². The van der Waals surface area contributed by atoms with Gasteiger partial charge in [-0.1, -0.05) is 74.5 Å². The van der Waals surface area contributed by atoms with Gasteiger partial charge >= 0.3 is 11.9 Å². The summed E-state index contributed by atoms with van der Waals surface area (Å²) in [7, 11) is 0. The minimum atomic E-state index is -1.01.